The van der Waals surface area contributed by atoms with Crippen molar-refractivity contribution in [1.82, 2.24) is 4.90 Å². The number of carbonyl (C=O) groups excluding carboxylic acids is 1. The molecule has 4 nitrogen and oxygen atoms in total. The molecule has 1 saturated heterocycles. The van der Waals surface area contributed by atoms with Gasteiger partial charge in [-0.25, -0.2) is 0 Å². The van der Waals surface area contributed by atoms with E-state index in [-0.39, 0.29) is 12.5 Å². The highest BCUT2D eigenvalue weighted by molar-refractivity contribution is 7.80. The fourth-order valence-corrected chi connectivity index (χ4v) is 3.27. The maximum Gasteiger partial charge on any atom is 0.262 e. The van der Waals surface area contributed by atoms with Crippen LogP contribution in [0, 0.1) is 5.92 Å². The van der Waals surface area contributed by atoms with Gasteiger partial charge in [-0.15, -0.1) is 0 Å². The van der Waals surface area contributed by atoms with Crippen LogP contribution in [0.3, 0.4) is 0 Å². The Morgan fingerprint density at radius 1 is 1.12 bits per heavy atom. The Hall–Kier alpha value is -2.40. The van der Waals surface area contributed by atoms with Gasteiger partial charge < -0.3 is 15.0 Å². The average molecular weight is 369 g/mol. The summed E-state index contributed by atoms with van der Waals surface area (Å²) in [6.07, 6.45) is 2.38. The van der Waals surface area contributed by atoms with Crippen molar-refractivity contribution < 1.29 is 9.53 Å². The summed E-state index contributed by atoms with van der Waals surface area (Å²) in [5, 5.41) is 2.80. The van der Waals surface area contributed by atoms with Crippen LogP contribution in [-0.2, 0) is 4.79 Å². The molecule has 1 N–H and O–H groups in total. The van der Waals surface area contributed by atoms with Crippen LogP contribution in [0.1, 0.15) is 25.3 Å². The van der Waals surface area contributed by atoms with E-state index in [0.29, 0.717) is 5.75 Å². The van der Waals surface area contributed by atoms with Crippen molar-refractivity contribution in [1.29, 1.82) is 0 Å². The number of hydrogen-bond acceptors (Lipinski definition) is 3. The van der Waals surface area contributed by atoms with E-state index in [4.69, 9.17) is 17.0 Å². The molecule has 0 aliphatic carbocycles. The van der Waals surface area contributed by atoms with Crippen LogP contribution in [0.5, 0.6) is 5.75 Å². The maximum absolute atomic E-state index is 11.9. The second-order valence-electron chi connectivity index (χ2n) is 6.70. The molecule has 0 saturated carbocycles. The Kier molecular flexibility index (Phi) is 6.23. The molecule has 2 aromatic carbocycles. The van der Waals surface area contributed by atoms with Crippen molar-refractivity contribution in [2.75, 3.05) is 25.0 Å². The minimum Gasteiger partial charge on any atom is -0.484 e. The third-order valence-corrected chi connectivity index (χ3v) is 5.09. The first-order valence-corrected chi connectivity index (χ1v) is 9.39. The number of piperidine rings is 1. The second kappa shape index (κ2) is 8.81. The smallest absolute Gasteiger partial charge is 0.262 e. The third-order valence-electron chi connectivity index (χ3n) is 4.60. The van der Waals surface area contributed by atoms with Crippen LogP contribution in [0.15, 0.2) is 54.6 Å². The summed E-state index contributed by atoms with van der Waals surface area (Å²) in [6, 6.07) is 17.0. The predicted molar refractivity (Wildman–Crippen MR) is 109 cm³/mol. The first-order chi connectivity index (χ1) is 12.6. The molecule has 3 rings (SSSR count). The lowest BCUT2D eigenvalue weighted by Gasteiger charge is -2.32. The second-order valence-corrected chi connectivity index (χ2v) is 7.09. The van der Waals surface area contributed by atoms with Gasteiger partial charge in [-0.1, -0.05) is 37.3 Å². The average Bonchev–Trinajstić information content (AvgIpc) is 2.68. The lowest BCUT2D eigenvalue weighted by molar-refractivity contribution is -0.118. The van der Waals surface area contributed by atoms with Crippen molar-refractivity contribution in [3.05, 3.63) is 60.2 Å². The first kappa shape index (κ1) is 18.4. The molecule has 1 fully saturated rings. The highest BCUT2D eigenvalue weighted by Crippen LogP contribution is 2.20. The van der Waals surface area contributed by atoms with Gasteiger partial charge in [0.05, 0.1) is 0 Å². The molecule has 0 atom stereocenters. The highest BCUT2D eigenvalue weighted by Gasteiger charge is 2.18. The van der Waals surface area contributed by atoms with Crippen LogP contribution < -0.4 is 10.1 Å². The van der Waals surface area contributed by atoms with E-state index in [1.807, 2.05) is 54.6 Å². The fourth-order valence-electron chi connectivity index (χ4n) is 2.96. The molecule has 5 heteroatoms. The van der Waals surface area contributed by atoms with E-state index in [9.17, 15) is 4.79 Å². The van der Waals surface area contributed by atoms with E-state index in [2.05, 4.69) is 17.1 Å². The standard InChI is InChI=1S/C21H24N2O2S/c1-16-11-13-23(14-12-16)21(26)17-7-9-19(10-8-17)25-15-20(24)22-18-5-3-2-4-6-18/h2-10,16H,11-15H2,1H3,(H,22,24). The van der Waals surface area contributed by atoms with Crippen LogP contribution in [0.25, 0.3) is 0 Å². The molecule has 1 aliphatic rings. The van der Waals surface area contributed by atoms with Gasteiger partial charge in [0.15, 0.2) is 6.61 Å². The molecule has 0 unspecified atom stereocenters. The zero-order valence-electron chi connectivity index (χ0n) is 15.0. The number of amides is 1. The number of thiocarbonyl (C=S) groups is 1. The molecule has 0 spiro atoms. The third kappa shape index (κ3) is 5.05. The molecule has 1 aliphatic heterocycles. The summed E-state index contributed by atoms with van der Waals surface area (Å²) in [7, 11) is 0. The molecular formula is C21H24N2O2S. The number of nitrogens with one attached hydrogen (secondary N) is 1. The lowest BCUT2D eigenvalue weighted by Crippen LogP contribution is -2.37. The van der Waals surface area contributed by atoms with Crippen LogP contribution in [-0.4, -0.2) is 35.5 Å². The summed E-state index contributed by atoms with van der Waals surface area (Å²) in [5.74, 6) is 1.26. The summed E-state index contributed by atoms with van der Waals surface area (Å²) < 4.78 is 5.57. The normalized spacial score (nSPS) is 14.7. The van der Waals surface area contributed by atoms with Crippen molar-refractivity contribution in [3.63, 3.8) is 0 Å². The zero-order valence-corrected chi connectivity index (χ0v) is 15.8. The summed E-state index contributed by atoms with van der Waals surface area (Å²) in [4.78, 5) is 15.1. The Morgan fingerprint density at radius 3 is 2.42 bits per heavy atom. The summed E-state index contributed by atoms with van der Waals surface area (Å²) in [6.45, 7) is 4.32. The number of benzene rings is 2. The topological polar surface area (TPSA) is 41.6 Å². The number of rotatable bonds is 5. The minimum absolute atomic E-state index is 0.0251. The van der Waals surface area contributed by atoms with Gasteiger partial charge in [-0.2, -0.15) is 0 Å². The van der Waals surface area contributed by atoms with E-state index < -0.39 is 0 Å². The Labute approximate surface area is 160 Å². The van der Waals surface area contributed by atoms with Crippen molar-refractivity contribution in [2.24, 2.45) is 5.92 Å². The summed E-state index contributed by atoms with van der Waals surface area (Å²) >= 11 is 5.62. The molecule has 0 radical (unpaired) electrons. The van der Waals surface area contributed by atoms with Crippen molar-refractivity contribution in [3.8, 4) is 5.75 Å². The maximum atomic E-state index is 11.9. The first-order valence-electron chi connectivity index (χ1n) is 8.99. The molecule has 0 bridgehead atoms. The SMILES string of the molecule is CC1CCN(C(=S)c2ccc(OCC(=O)Nc3ccccc3)cc2)CC1. The molecule has 0 aromatic heterocycles. The van der Waals surface area contributed by atoms with E-state index in [0.717, 1.165) is 35.2 Å². The molecule has 136 valence electrons. The lowest BCUT2D eigenvalue weighted by atomic mass is 9.99. The van der Waals surface area contributed by atoms with Gasteiger partial charge in [-0.05, 0) is 55.2 Å². The quantitative estimate of drug-likeness (QED) is 0.807. The minimum atomic E-state index is -0.182. The van der Waals surface area contributed by atoms with E-state index >= 15 is 0 Å². The monoisotopic (exact) mass is 368 g/mol. The van der Waals surface area contributed by atoms with Crippen LogP contribution in [0.2, 0.25) is 0 Å². The van der Waals surface area contributed by atoms with Crippen molar-refractivity contribution >= 4 is 28.8 Å². The number of likely N-dealkylation sites (tertiary alicyclic amines) is 1. The Bertz CT molecular complexity index is 738. The van der Waals surface area contributed by atoms with E-state index in [1.54, 1.807) is 0 Å². The molecule has 2 aromatic rings. The molecule has 1 heterocycles. The van der Waals surface area contributed by atoms with Gasteiger partial charge in [0, 0.05) is 24.3 Å². The van der Waals surface area contributed by atoms with E-state index in [1.165, 1.54) is 12.8 Å². The molecular weight excluding hydrogens is 344 g/mol. The fraction of sp³-hybridized carbons (Fsp3) is 0.333. The van der Waals surface area contributed by atoms with Gasteiger partial charge in [0.1, 0.15) is 10.7 Å². The van der Waals surface area contributed by atoms with Gasteiger partial charge in [-0.3, -0.25) is 4.79 Å². The van der Waals surface area contributed by atoms with Crippen LogP contribution in [0.4, 0.5) is 5.69 Å². The van der Waals surface area contributed by atoms with Gasteiger partial charge in [0.2, 0.25) is 0 Å². The number of anilines is 1. The number of carbonyl (C=O) groups is 1. The highest BCUT2D eigenvalue weighted by atomic mass is 32.1. The number of nitrogens with zero attached hydrogens (tertiary/aromatic N) is 1. The van der Waals surface area contributed by atoms with Gasteiger partial charge >= 0.3 is 0 Å². The summed E-state index contributed by atoms with van der Waals surface area (Å²) in [5.41, 5.74) is 1.79. The van der Waals surface area contributed by atoms with Crippen molar-refractivity contribution in [2.45, 2.75) is 19.8 Å². The molecule has 26 heavy (non-hydrogen) atoms. The number of ether oxygens (including phenoxy) is 1. The number of hydrogen-bond donors (Lipinski definition) is 1. The zero-order chi connectivity index (χ0) is 18.4. The van der Waals surface area contributed by atoms with Crippen LogP contribution >= 0.6 is 12.2 Å². The Morgan fingerprint density at radius 2 is 1.77 bits per heavy atom. The predicted octanol–water partition coefficient (Wildman–Crippen LogP) is 4.11. The van der Waals surface area contributed by atoms with Gasteiger partial charge in [0.25, 0.3) is 5.91 Å². The number of para-hydroxylation sites is 1. The largest absolute Gasteiger partial charge is 0.484 e. The molecule has 1 amide bonds. The Balaban J connectivity index is 1.49.